The summed E-state index contributed by atoms with van der Waals surface area (Å²) in [6, 6.07) is 11.1. The van der Waals surface area contributed by atoms with Gasteiger partial charge in [0.25, 0.3) is 0 Å². The Bertz CT molecular complexity index is 1180. The van der Waals surface area contributed by atoms with Crippen molar-refractivity contribution in [3.05, 3.63) is 58.7 Å². The van der Waals surface area contributed by atoms with Crippen LogP contribution < -0.4 is 5.32 Å². The van der Waals surface area contributed by atoms with E-state index >= 15 is 0 Å². The van der Waals surface area contributed by atoms with Crippen LogP contribution in [0.3, 0.4) is 0 Å². The zero-order valence-corrected chi connectivity index (χ0v) is 21.7. The monoisotopic (exact) mass is 497 g/mol. The maximum Gasteiger partial charge on any atom is 0.243 e. The Morgan fingerprint density at radius 2 is 1.57 bits per heavy atom. The first-order valence-electron chi connectivity index (χ1n) is 12.4. The molecule has 2 aliphatic rings. The molecule has 2 aromatic rings. The molecule has 0 spiro atoms. The van der Waals surface area contributed by atoms with Gasteiger partial charge in [-0.25, -0.2) is 8.42 Å². The summed E-state index contributed by atoms with van der Waals surface area (Å²) < 4.78 is 28.4. The van der Waals surface area contributed by atoms with Crippen molar-refractivity contribution >= 4 is 27.5 Å². The zero-order chi connectivity index (χ0) is 25.2. The number of piperidine rings is 1. The first-order chi connectivity index (χ1) is 16.6. The lowest BCUT2D eigenvalue weighted by molar-refractivity contribution is -0.129. The molecule has 2 aliphatic heterocycles. The van der Waals surface area contributed by atoms with E-state index in [9.17, 15) is 18.0 Å². The molecule has 7 nitrogen and oxygen atoms in total. The molecule has 2 aromatic carbocycles. The Hall–Kier alpha value is -2.71. The largest absolute Gasteiger partial charge is 0.342 e. The number of nitrogens with zero attached hydrogens (tertiary/aromatic N) is 2. The van der Waals surface area contributed by atoms with Gasteiger partial charge < -0.3 is 10.2 Å². The summed E-state index contributed by atoms with van der Waals surface area (Å²) in [5, 5.41) is 2.93. The molecule has 0 radical (unpaired) electrons. The van der Waals surface area contributed by atoms with Gasteiger partial charge in [-0.3, -0.25) is 9.59 Å². The van der Waals surface area contributed by atoms with Crippen molar-refractivity contribution in [2.45, 2.75) is 57.8 Å². The van der Waals surface area contributed by atoms with Crippen LogP contribution in [0.4, 0.5) is 5.69 Å². The smallest absolute Gasteiger partial charge is 0.243 e. The molecule has 0 bridgehead atoms. The van der Waals surface area contributed by atoms with Gasteiger partial charge in [-0.05, 0) is 75.3 Å². The highest BCUT2D eigenvalue weighted by Crippen LogP contribution is 2.29. The first-order valence-corrected chi connectivity index (χ1v) is 13.8. The van der Waals surface area contributed by atoms with Crippen molar-refractivity contribution in [2.75, 3.05) is 31.5 Å². The third-order valence-corrected chi connectivity index (χ3v) is 9.16. The number of anilines is 1. The van der Waals surface area contributed by atoms with Crippen LogP contribution in [-0.2, 0) is 26.0 Å². The molecule has 2 saturated heterocycles. The minimum absolute atomic E-state index is 0.141. The molecule has 0 unspecified atom stereocenters. The van der Waals surface area contributed by atoms with Crippen molar-refractivity contribution in [1.29, 1.82) is 0 Å². The van der Waals surface area contributed by atoms with Crippen LogP contribution in [0.5, 0.6) is 0 Å². The summed E-state index contributed by atoms with van der Waals surface area (Å²) in [6.45, 7) is 7.86. The van der Waals surface area contributed by atoms with Gasteiger partial charge in [-0.1, -0.05) is 29.8 Å². The van der Waals surface area contributed by atoms with E-state index in [-0.39, 0.29) is 18.4 Å². The lowest BCUT2D eigenvalue weighted by Crippen LogP contribution is -2.44. The minimum Gasteiger partial charge on any atom is -0.342 e. The lowest BCUT2D eigenvalue weighted by atomic mass is 9.98. The van der Waals surface area contributed by atoms with E-state index in [4.69, 9.17) is 0 Å². The summed E-state index contributed by atoms with van der Waals surface area (Å²) in [7, 11) is -3.69. The number of carbonyl (C=O) groups excluding carboxylic acids is 2. The van der Waals surface area contributed by atoms with Gasteiger partial charge in [0, 0.05) is 31.9 Å². The van der Waals surface area contributed by atoms with Crippen LogP contribution in [0.1, 0.15) is 47.9 Å². The molecule has 4 rings (SSSR count). The second-order valence-corrected chi connectivity index (χ2v) is 11.8. The number of benzene rings is 2. The Morgan fingerprint density at radius 1 is 0.943 bits per heavy atom. The van der Waals surface area contributed by atoms with Gasteiger partial charge in [0.05, 0.1) is 17.2 Å². The Morgan fingerprint density at radius 3 is 2.20 bits per heavy atom. The second-order valence-electron chi connectivity index (χ2n) is 9.88. The molecular weight excluding hydrogens is 462 g/mol. The van der Waals surface area contributed by atoms with Gasteiger partial charge in [0.1, 0.15) is 0 Å². The Kier molecular flexibility index (Phi) is 7.62. The average Bonchev–Trinajstić information content (AvgIpc) is 3.35. The molecule has 1 atom stereocenters. The normalized spacial score (nSPS) is 19.1. The van der Waals surface area contributed by atoms with Crippen molar-refractivity contribution < 1.29 is 18.0 Å². The van der Waals surface area contributed by atoms with Gasteiger partial charge in [-0.2, -0.15) is 4.31 Å². The SMILES string of the molecule is Cc1cc(C)c(S(=O)(=O)N2CCC[C@H](C(=O)Nc3ccc(CC(=O)N4CCCC4)cc3)C2)c(C)c1. The summed E-state index contributed by atoms with van der Waals surface area (Å²) >= 11 is 0. The fraction of sp³-hybridized carbons (Fsp3) is 0.481. The Labute approximate surface area is 208 Å². The average molecular weight is 498 g/mol. The number of rotatable bonds is 6. The highest BCUT2D eigenvalue weighted by molar-refractivity contribution is 7.89. The van der Waals surface area contributed by atoms with E-state index in [1.165, 1.54) is 4.31 Å². The van der Waals surface area contributed by atoms with Gasteiger partial charge in [0.2, 0.25) is 21.8 Å². The molecule has 2 amide bonds. The van der Waals surface area contributed by atoms with Crippen molar-refractivity contribution in [1.82, 2.24) is 9.21 Å². The first kappa shape index (κ1) is 25.4. The predicted octanol–water partition coefficient (Wildman–Crippen LogP) is 3.82. The van der Waals surface area contributed by atoms with Crippen molar-refractivity contribution in [3.8, 4) is 0 Å². The molecule has 0 aromatic heterocycles. The summed E-state index contributed by atoms with van der Waals surface area (Å²) in [5.41, 5.74) is 4.06. The van der Waals surface area contributed by atoms with E-state index in [1.807, 2.05) is 49.9 Å². The van der Waals surface area contributed by atoms with Crippen LogP contribution in [0.25, 0.3) is 0 Å². The van der Waals surface area contributed by atoms with E-state index in [2.05, 4.69) is 5.32 Å². The number of carbonyl (C=O) groups is 2. The van der Waals surface area contributed by atoms with Gasteiger partial charge in [0.15, 0.2) is 0 Å². The molecule has 1 N–H and O–H groups in total. The molecule has 0 saturated carbocycles. The maximum atomic E-state index is 13.5. The van der Waals surface area contributed by atoms with E-state index in [0.717, 1.165) is 48.2 Å². The molecule has 2 fully saturated rings. The number of amides is 2. The number of hydrogen-bond acceptors (Lipinski definition) is 4. The molecule has 188 valence electrons. The van der Waals surface area contributed by atoms with Crippen LogP contribution in [-0.4, -0.2) is 55.6 Å². The van der Waals surface area contributed by atoms with Gasteiger partial charge >= 0.3 is 0 Å². The second kappa shape index (κ2) is 10.5. The maximum absolute atomic E-state index is 13.5. The third kappa shape index (κ3) is 5.76. The number of likely N-dealkylation sites (tertiary alicyclic amines) is 1. The van der Waals surface area contributed by atoms with Crippen LogP contribution in [0.2, 0.25) is 0 Å². The third-order valence-electron chi connectivity index (χ3n) is 6.99. The quantitative estimate of drug-likeness (QED) is 0.657. The highest BCUT2D eigenvalue weighted by Gasteiger charge is 2.35. The molecule has 35 heavy (non-hydrogen) atoms. The number of hydrogen-bond donors (Lipinski definition) is 1. The standard InChI is InChI=1S/C27H35N3O4S/c1-19-15-20(2)26(21(3)16-19)35(33,34)30-14-6-7-23(18-30)27(32)28-24-10-8-22(9-11-24)17-25(31)29-12-4-5-13-29/h8-11,15-16,23H,4-7,12-14,17-18H2,1-3H3,(H,28,32)/t23-/m0/s1. The van der Waals surface area contributed by atoms with E-state index in [0.29, 0.717) is 36.4 Å². The van der Waals surface area contributed by atoms with Crippen molar-refractivity contribution in [3.63, 3.8) is 0 Å². The highest BCUT2D eigenvalue weighted by atomic mass is 32.2. The summed E-state index contributed by atoms with van der Waals surface area (Å²) in [6.07, 6.45) is 3.79. The molecule has 0 aliphatic carbocycles. The van der Waals surface area contributed by atoms with Crippen LogP contribution in [0, 0.1) is 26.7 Å². The topological polar surface area (TPSA) is 86.8 Å². The van der Waals surface area contributed by atoms with E-state index in [1.54, 1.807) is 12.1 Å². The van der Waals surface area contributed by atoms with E-state index < -0.39 is 15.9 Å². The zero-order valence-electron chi connectivity index (χ0n) is 20.8. The fourth-order valence-corrected chi connectivity index (χ4v) is 7.22. The fourth-order valence-electron chi connectivity index (χ4n) is 5.28. The minimum atomic E-state index is -3.69. The number of sulfonamides is 1. The van der Waals surface area contributed by atoms with Crippen LogP contribution >= 0.6 is 0 Å². The molecule has 8 heteroatoms. The van der Waals surface area contributed by atoms with Gasteiger partial charge in [-0.15, -0.1) is 0 Å². The predicted molar refractivity (Wildman–Crippen MR) is 137 cm³/mol. The molecular formula is C27H35N3O4S. The lowest BCUT2D eigenvalue weighted by Gasteiger charge is -2.32. The number of nitrogens with one attached hydrogen (secondary N) is 1. The molecule has 2 heterocycles. The van der Waals surface area contributed by atoms with Crippen molar-refractivity contribution in [2.24, 2.45) is 5.92 Å². The Balaban J connectivity index is 1.39. The summed E-state index contributed by atoms with van der Waals surface area (Å²) in [5.74, 6) is -0.453. The number of aryl methyl sites for hydroxylation is 3. The van der Waals surface area contributed by atoms with Crippen LogP contribution in [0.15, 0.2) is 41.3 Å². The summed E-state index contributed by atoms with van der Waals surface area (Å²) in [4.78, 5) is 27.6.